The molecular formula is C10H9F4NO4. The molecule has 1 rings (SSSR count). The first-order chi connectivity index (χ1) is 8.78. The quantitative estimate of drug-likeness (QED) is 0.838. The molecule has 106 valence electrons. The Hall–Kier alpha value is -2.06. The minimum atomic E-state index is -5.06. The molecule has 0 radical (unpaired) electrons. The topological polar surface area (TPSA) is 68.7 Å². The van der Waals surface area contributed by atoms with Crippen molar-refractivity contribution in [1.82, 2.24) is 4.98 Å². The Balaban J connectivity index is 3.32. The van der Waals surface area contributed by atoms with Gasteiger partial charge in [-0.2, -0.15) is 0 Å². The van der Waals surface area contributed by atoms with E-state index < -0.39 is 42.5 Å². The molecule has 0 amide bonds. The van der Waals surface area contributed by atoms with Crippen LogP contribution in [0.4, 0.5) is 17.6 Å². The second-order valence-electron chi connectivity index (χ2n) is 3.34. The molecule has 1 N–H and O–H groups in total. The number of ether oxygens (including phenoxy) is 2. The summed E-state index contributed by atoms with van der Waals surface area (Å²) in [4.78, 5) is 14.1. The predicted molar refractivity (Wildman–Crippen MR) is 53.6 cm³/mol. The van der Waals surface area contributed by atoms with Crippen LogP contribution in [0, 0.1) is 0 Å². The molecule has 0 aromatic carbocycles. The van der Waals surface area contributed by atoms with Crippen molar-refractivity contribution in [3.8, 4) is 11.5 Å². The van der Waals surface area contributed by atoms with Gasteiger partial charge in [-0.15, -0.1) is 13.2 Å². The van der Waals surface area contributed by atoms with Gasteiger partial charge in [-0.05, 0) is 0 Å². The molecule has 0 atom stereocenters. The number of aromatic nitrogens is 1. The number of carbonyl (C=O) groups is 1. The van der Waals surface area contributed by atoms with E-state index >= 15 is 0 Å². The number of rotatable bonds is 5. The smallest absolute Gasteiger partial charge is 0.491 e. The fraction of sp³-hybridized carbons (Fsp3) is 0.400. The molecule has 1 aromatic heterocycles. The Morgan fingerprint density at radius 1 is 1.42 bits per heavy atom. The van der Waals surface area contributed by atoms with Crippen molar-refractivity contribution in [3.63, 3.8) is 0 Å². The van der Waals surface area contributed by atoms with Gasteiger partial charge in [-0.3, -0.25) is 9.78 Å². The molecule has 1 aromatic rings. The number of halogens is 4. The molecule has 9 heteroatoms. The van der Waals surface area contributed by atoms with E-state index in [1.807, 2.05) is 0 Å². The van der Waals surface area contributed by atoms with Crippen molar-refractivity contribution in [1.29, 1.82) is 0 Å². The van der Waals surface area contributed by atoms with Gasteiger partial charge < -0.3 is 14.6 Å². The lowest BCUT2D eigenvalue weighted by atomic mass is 10.2. The van der Waals surface area contributed by atoms with E-state index in [1.54, 1.807) is 0 Å². The highest BCUT2D eigenvalue weighted by Gasteiger charge is 2.35. The minimum Gasteiger partial charge on any atom is -0.491 e. The number of hydrogen-bond donors (Lipinski definition) is 1. The molecule has 0 aliphatic rings. The summed E-state index contributed by atoms with van der Waals surface area (Å²) in [6, 6.07) is 0. The third-order valence-electron chi connectivity index (χ3n) is 2.02. The van der Waals surface area contributed by atoms with E-state index in [0.717, 1.165) is 13.3 Å². The predicted octanol–water partition coefficient (Wildman–Crippen LogP) is 2.09. The molecule has 0 saturated carbocycles. The summed E-state index contributed by atoms with van der Waals surface area (Å²) in [5.74, 6) is -2.78. The summed E-state index contributed by atoms with van der Waals surface area (Å²) in [5, 5.41) is 8.60. The molecule has 0 bridgehead atoms. The summed E-state index contributed by atoms with van der Waals surface area (Å²) in [6.45, 7) is -1.26. The Morgan fingerprint density at radius 3 is 2.47 bits per heavy atom. The van der Waals surface area contributed by atoms with E-state index in [1.165, 1.54) is 0 Å². The zero-order valence-electron chi connectivity index (χ0n) is 9.62. The maximum absolute atomic E-state index is 12.6. The molecule has 0 spiro atoms. The normalized spacial score (nSPS) is 11.2. The van der Waals surface area contributed by atoms with Crippen LogP contribution in [0.5, 0.6) is 11.5 Å². The summed E-state index contributed by atoms with van der Waals surface area (Å²) in [5.41, 5.74) is -0.769. The Labute approximate surface area is 104 Å². The molecule has 19 heavy (non-hydrogen) atoms. The summed E-state index contributed by atoms with van der Waals surface area (Å²) < 4.78 is 57.6. The summed E-state index contributed by atoms with van der Waals surface area (Å²) in [6.07, 6.45) is -4.95. The van der Waals surface area contributed by atoms with E-state index in [2.05, 4.69) is 14.5 Å². The highest BCUT2D eigenvalue weighted by atomic mass is 19.4. The van der Waals surface area contributed by atoms with Gasteiger partial charge in [0.25, 0.3) is 0 Å². The van der Waals surface area contributed by atoms with Gasteiger partial charge in [-0.1, -0.05) is 0 Å². The van der Waals surface area contributed by atoms with Crippen molar-refractivity contribution in [2.45, 2.75) is 19.5 Å². The number of hydrogen-bond acceptors (Lipinski definition) is 4. The second-order valence-corrected chi connectivity index (χ2v) is 3.34. The van der Waals surface area contributed by atoms with Crippen LogP contribution in [0.2, 0.25) is 0 Å². The molecule has 0 saturated heterocycles. The van der Waals surface area contributed by atoms with Crippen LogP contribution in [0.3, 0.4) is 0 Å². The van der Waals surface area contributed by atoms with Crippen molar-refractivity contribution >= 4 is 5.97 Å². The largest absolute Gasteiger partial charge is 0.573 e. The maximum atomic E-state index is 12.6. The SMILES string of the molecule is COc1c(CC(=O)O)ncc(CF)c1OC(F)(F)F. The molecule has 1 heterocycles. The number of nitrogens with zero attached hydrogens (tertiary/aromatic N) is 1. The maximum Gasteiger partial charge on any atom is 0.573 e. The van der Waals surface area contributed by atoms with E-state index in [0.29, 0.717) is 0 Å². The molecule has 0 fully saturated rings. The lowest BCUT2D eigenvalue weighted by Gasteiger charge is -2.16. The van der Waals surface area contributed by atoms with Crippen LogP contribution < -0.4 is 9.47 Å². The van der Waals surface area contributed by atoms with Crippen LogP contribution >= 0.6 is 0 Å². The second kappa shape index (κ2) is 5.72. The van der Waals surface area contributed by atoms with Gasteiger partial charge in [0, 0.05) is 11.8 Å². The summed E-state index contributed by atoms with van der Waals surface area (Å²) >= 11 is 0. The zero-order chi connectivity index (χ0) is 14.6. The first kappa shape index (κ1) is 15.0. The number of carboxylic acid groups (broad SMARTS) is 1. The highest BCUT2D eigenvalue weighted by molar-refractivity contribution is 5.71. The first-order valence-corrected chi connectivity index (χ1v) is 4.86. The average molecular weight is 283 g/mol. The fourth-order valence-electron chi connectivity index (χ4n) is 1.35. The van der Waals surface area contributed by atoms with Crippen LogP contribution in [-0.2, 0) is 17.9 Å². The number of methoxy groups -OCH3 is 1. The van der Waals surface area contributed by atoms with Crippen molar-refractivity contribution in [3.05, 3.63) is 17.5 Å². The van der Waals surface area contributed by atoms with Crippen LogP contribution in [0.25, 0.3) is 0 Å². The third-order valence-corrected chi connectivity index (χ3v) is 2.02. The van der Waals surface area contributed by atoms with E-state index in [4.69, 9.17) is 5.11 Å². The number of alkyl halides is 4. The summed E-state index contributed by atoms with van der Waals surface area (Å²) in [7, 11) is 1.01. The van der Waals surface area contributed by atoms with Gasteiger partial charge in [0.15, 0.2) is 11.5 Å². The van der Waals surface area contributed by atoms with Gasteiger partial charge in [0.2, 0.25) is 0 Å². The molecule has 0 unspecified atom stereocenters. The number of carboxylic acids is 1. The van der Waals surface area contributed by atoms with Crippen LogP contribution in [0.15, 0.2) is 6.20 Å². The molecule has 0 aliphatic heterocycles. The standard InChI is InChI=1S/C10H9F4NO4/c1-18-9-6(2-7(16)17)15-4-5(3-11)8(9)19-10(12,13)14/h4H,2-3H2,1H3,(H,16,17). The minimum absolute atomic E-state index is 0.286. The van der Waals surface area contributed by atoms with Crippen LogP contribution in [-0.4, -0.2) is 29.5 Å². The van der Waals surface area contributed by atoms with E-state index in [9.17, 15) is 22.4 Å². The van der Waals surface area contributed by atoms with Crippen molar-refractivity contribution in [2.75, 3.05) is 7.11 Å². The van der Waals surface area contributed by atoms with E-state index in [-0.39, 0.29) is 5.69 Å². The lowest BCUT2D eigenvalue weighted by molar-refractivity contribution is -0.275. The Morgan fingerprint density at radius 2 is 2.05 bits per heavy atom. The Bertz CT molecular complexity index is 475. The number of pyridine rings is 1. The number of aliphatic carboxylic acids is 1. The van der Waals surface area contributed by atoms with Gasteiger partial charge >= 0.3 is 12.3 Å². The van der Waals surface area contributed by atoms with Crippen LogP contribution in [0.1, 0.15) is 11.3 Å². The monoisotopic (exact) mass is 283 g/mol. The van der Waals surface area contributed by atoms with Crippen molar-refractivity contribution < 1.29 is 36.9 Å². The Kier molecular flexibility index (Phi) is 4.52. The van der Waals surface area contributed by atoms with Gasteiger partial charge in [0.05, 0.1) is 19.2 Å². The lowest BCUT2D eigenvalue weighted by Crippen LogP contribution is -2.19. The van der Waals surface area contributed by atoms with Crippen molar-refractivity contribution in [2.24, 2.45) is 0 Å². The molecule has 0 aliphatic carbocycles. The highest BCUT2D eigenvalue weighted by Crippen LogP contribution is 2.37. The van der Waals surface area contributed by atoms with Gasteiger partial charge in [0.1, 0.15) is 6.67 Å². The zero-order valence-corrected chi connectivity index (χ0v) is 9.62. The molecule has 5 nitrogen and oxygen atoms in total. The fourth-order valence-corrected chi connectivity index (χ4v) is 1.35. The third kappa shape index (κ3) is 3.97. The molecular weight excluding hydrogens is 274 g/mol. The first-order valence-electron chi connectivity index (χ1n) is 4.86. The van der Waals surface area contributed by atoms with Gasteiger partial charge in [-0.25, -0.2) is 4.39 Å². The average Bonchev–Trinajstić information content (AvgIpc) is 2.27.